The van der Waals surface area contributed by atoms with E-state index in [1.54, 1.807) is 12.1 Å². The normalized spacial score (nSPS) is 17.4. The molecular weight excluding hydrogens is 254 g/mol. The van der Waals surface area contributed by atoms with E-state index >= 15 is 0 Å². The molecule has 108 valence electrons. The van der Waals surface area contributed by atoms with Crippen molar-refractivity contribution in [2.75, 3.05) is 6.54 Å². The molecule has 1 amide bonds. The van der Waals surface area contributed by atoms with Crippen LogP contribution in [0.5, 0.6) is 0 Å². The molecule has 0 unspecified atom stereocenters. The smallest absolute Gasteiger partial charge is 0.303 e. The predicted octanol–water partition coefficient (Wildman–Crippen LogP) is 2.84. The van der Waals surface area contributed by atoms with E-state index in [-0.39, 0.29) is 17.7 Å². The minimum atomic E-state index is -0.777. The first-order valence-corrected chi connectivity index (χ1v) is 7.16. The highest BCUT2D eigenvalue weighted by Gasteiger charge is 2.34. The Balaban J connectivity index is 1.98. The van der Waals surface area contributed by atoms with E-state index in [1.165, 1.54) is 0 Å². The average molecular weight is 275 g/mol. The highest BCUT2D eigenvalue weighted by atomic mass is 16.4. The van der Waals surface area contributed by atoms with Crippen LogP contribution < -0.4 is 5.32 Å². The van der Waals surface area contributed by atoms with Gasteiger partial charge in [0.25, 0.3) is 5.91 Å². The highest BCUT2D eigenvalue weighted by molar-refractivity contribution is 5.94. The topological polar surface area (TPSA) is 66.4 Å². The van der Waals surface area contributed by atoms with Gasteiger partial charge in [0, 0.05) is 12.1 Å². The maximum absolute atomic E-state index is 12.1. The Kier molecular flexibility index (Phi) is 4.77. The van der Waals surface area contributed by atoms with Crippen LogP contribution in [0.3, 0.4) is 0 Å². The van der Waals surface area contributed by atoms with Gasteiger partial charge in [0.15, 0.2) is 0 Å². The Hall–Kier alpha value is -1.84. The number of hydrogen-bond acceptors (Lipinski definition) is 2. The molecule has 1 aliphatic carbocycles. The lowest BCUT2D eigenvalue weighted by molar-refractivity contribution is -0.140. The van der Waals surface area contributed by atoms with Gasteiger partial charge in [0.1, 0.15) is 0 Å². The quantitative estimate of drug-likeness (QED) is 0.868. The molecule has 0 saturated heterocycles. The molecule has 0 spiro atoms. The van der Waals surface area contributed by atoms with E-state index in [1.807, 2.05) is 18.2 Å². The summed E-state index contributed by atoms with van der Waals surface area (Å²) < 4.78 is 0. The first-order chi connectivity index (χ1) is 9.61. The summed E-state index contributed by atoms with van der Waals surface area (Å²) >= 11 is 0. The van der Waals surface area contributed by atoms with Crippen molar-refractivity contribution >= 4 is 11.9 Å². The van der Waals surface area contributed by atoms with Crippen LogP contribution in [-0.4, -0.2) is 23.5 Å². The van der Waals surface area contributed by atoms with Crippen LogP contribution in [0, 0.1) is 5.41 Å². The van der Waals surface area contributed by atoms with Gasteiger partial charge in [-0.15, -0.1) is 0 Å². The molecule has 0 bridgehead atoms. The van der Waals surface area contributed by atoms with Crippen molar-refractivity contribution in [1.82, 2.24) is 5.32 Å². The van der Waals surface area contributed by atoms with E-state index in [2.05, 4.69) is 5.32 Å². The van der Waals surface area contributed by atoms with Gasteiger partial charge < -0.3 is 10.4 Å². The Bertz CT molecular complexity index is 464. The first-order valence-electron chi connectivity index (χ1n) is 7.16. The fraction of sp³-hybridized carbons (Fsp3) is 0.500. The van der Waals surface area contributed by atoms with Crippen LogP contribution in [0.15, 0.2) is 30.3 Å². The summed E-state index contributed by atoms with van der Waals surface area (Å²) in [5.41, 5.74) is 0.350. The van der Waals surface area contributed by atoms with Crippen molar-refractivity contribution in [3.05, 3.63) is 35.9 Å². The standard InChI is InChI=1S/C16H21NO3/c18-14(19)11-16(9-5-2-6-10-16)12-17-15(20)13-7-3-1-4-8-13/h1,3-4,7-8H,2,5-6,9-12H2,(H,17,20)(H,18,19). The van der Waals surface area contributed by atoms with Crippen LogP contribution in [0.2, 0.25) is 0 Å². The summed E-state index contributed by atoms with van der Waals surface area (Å²) in [6.07, 6.45) is 5.17. The number of carbonyl (C=O) groups is 2. The van der Waals surface area contributed by atoms with Crippen LogP contribution in [0.1, 0.15) is 48.9 Å². The molecule has 0 radical (unpaired) electrons. The average Bonchev–Trinajstić information content (AvgIpc) is 2.46. The van der Waals surface area contributed by atoms with Crippen LogP contribution >= 0.6 is 0 Å². The van der Waals surface area contributed by atoms with Gasteiger partial charge >= 0.3 is 5.97 Å². The Morgan fingerprint density at radius 3 is 2.35 bits per heavy atom. The summed E-state index contributed by atoms with van der Waals surface area (Å²) in [5.74, 6) is -0.901. The zero-order valence-electron chi connectivity index (χ0n) is 11.6. The molecule has 0 aromatic heterocycles. The zero-order valence-corrected chi connectivity index (χ0v) is 11.6. The molecule has 1 fully saturated rings. The van der Waals surface area contributed by atoms with Crippen molar-refractivity contribution in [2.24, 2.45) is 5.41 Å². The molecule has 0 atom stereocenters. The third kappa shape index (κ3) is 3.83. The number of nitrogens with one attached hydrogen (secondary N) is 1. The van der Waals surface area contributed by atoms with Crippen LogP contribution in [-0.2, 0) is 4.79 Å². The fourth-order valence-electron chi connectivity index (χ4n) is 3.00. The maximum atomic E-state index is 12.1. The van der Waals surface area contributed by atoms with Gasteiger partial charge in [0.2, 0.25) is 0 Å². The molecular formula is C16H21NO3. The van der Waals surface area contributed by atoms with Crippen LogP contribution in [0.4, 0.5) is 0 Å². The second-order valence-electron chi connectivity index (χ2n) is 5.68. The summed E-state index contributed by atoms with van der Waals surface area (Å²) in [5, 5.41) is 12.0. The Labute approximate surface area is 119 Å². The van der Waals surface area contributed by atoms with Gasteiger partial charge in [-0.3, -0.25) is 9.59 Å². The summed E-state index contributed by atoms with van der Waals surface area (Å²) in [6, 6.07) is 9.04. The number of benzene rings is 1. The lowest BCUT2D eigenvalue weighted by Gasteiger charge is -2.36. The van der Waals surface area contributed by atoms with E-state index in [0.717, 1.165) is 32.1 Å². The van der Waals surface area contributed by atoms with Gasteiger partial charge in [-0.25, -0.2) is 0 Å². The van der Waals surface area contributed by atoms with Crippen molar-refractivity contribution in [2.45, 2.75) is 38.5 Å². The second kappa shape index (κ2) is 6.55. The number of hydrogen-bond donors (Lipinski definition) is 2. The molecule has 2 N–H and O–H groups in total. The Morgan fingerprint density at radius 2 is 1.75 bits per heavy atom. The number of rotatable bonds is 5. The summed E-state index contributed by atoms with van der Waals surface area (Å²) in [7, 11) is 0. The van der Waals surface area contributed by atoms with Crippen molar-refractivity contribution < 1.29 is 14.7 Å². The van der Waals surface area contributed by atoms with E-state index in [4.69, 9.17) is 5.11 Å². The van der Waals surface area contributed by atoms with E-state index in [0.29, 0.717) is 12.1 Å². The van der Waals surface area contributed by atoms with Crippen LogP contribution in [0.25, 0.3) is 0 Å². The molecule has 1 aromatic rings. The molecule has 1 aromatic carbocycles. The SMILES string of the molecule is O=C(O)CC1(CNC(=O)c2ccccc2)CCCCC1. The molecule has 0 aliphatic heterocycles. The maximum Gasteiger partial charge on any atom is 0.303 e. The highest BCUT2D eigenvalue weighted by Crippen LogP contribution is 2.38. The number of aliphatic carboxylic acids is 1. The van der Waals surface area contributed by atoms with Crippen molar-refractivity contribution in [3.63, 3.8) is 0 Å². The largest absolute Gasteiger partial charge is 0.481 e. The zero-order chi connectivity index (χ0) is 14.4. The van der Waals surface area contributed by atoms with E-state index in [9.17, 15) is 9.59 Å². The molecule has 0 heterocycles. The molecule has 1 aliphatic rings. The number of carbonyl (C=O) groups excluding carboxylic acids is 1. The number of amides is 1. The third-order valence-corrected chi connectivity index (χ3v) is 4.10. The van der Waals surface area contributed by atoms with Gasteiger partial charge in [-0.05, 0) is 30.4 Å². The molecule has 1 saturated carbocycles. The predicted molar refractivity (Wildman–Crippen MR) is 76.5 cm³/mol. The fourth-order valence-corrected chi connectivity index (χ4v) is 3.00. The van der Waals surface area contributed by atoms with Crippen molar-refractivity contribution in [1.29, 1.82) is 0 Å². The first kappa shape index (κ1) is 14.6. The second-order valence-corrected chi connectivity index (χ2v) is 5.68. The summed E-state index contributed by atoms with van der Waals surface area (Å²) in [4.78, 5) is 23.1. The molecule has 20 heavy (non-hydrogen) atoms. The van der Waals surface area contributed by atoms with Gasteiger partial charge in [-0.2, -0.15) is 0 Å². The molecule has 4 nitrogen and oxygen atoms in total. The van der Waals surface area contributed by atoms with Gasteiger partial charge in [0.05, 0.1) is 6.42 Å². The number of carboxylic acid groups (broad SMARTS) is 1. The lowest BCUT2D eigenvalue weighted by atomic mass is 9.71. The lowest BCUT2D eigenvalue weighted by Crippen LogP contribution is -2.40. The minimum Gasteiger partial charge on any atom is -0.481 e. The monoisotopic (exact) mass is 275 g/mol. The number of carboxylic acids is 1. The minimum absolute atomic E-state index is 0.124. The third-order valence-electron chi connectivity index (χ3n) is 4.10. The van der Waals surface area contributed by atoms with E-state index < -0.39 is 5.97 Å². The van der Waals surface area contributed by atoms with Crippen molar-refractivity contribution in [3.8, 4) is 0 Å². The van der Waals surface area contributed by atoms with Gasteiger partial charge in [-0.1, -0.05) is 37.5 Å². The Morgan fingerprint density at radius 1 is 1.10 bits per heavy atom. The summed E-state index contributed by atoms with van der Waals surface area (Å²) in [6.45, 7) is 0.451. The molecule has 4 heteroatoms. The molecule has 2 rings (SSSR count).